The van der Waals surface area contributed by atoms with Crippen molar-refractivity contribution >= 4 is 16.1 Å². The molecule has 6 heteroatoms. The SMILES string of the molecule is BrNn1cnnn1. The molecular weight excluding hydrogens is 162 g/mol. The summed E-state index contributed by atoms with van der Waals surface area (Å²) in [6, 6.07) is 0. The van der Waals surface area contributed by atoms with Crippen LogP contribution in [0.25, 0.3) is 0 Å². The molecule has 0 bridgehead atoms. The van der Waals surface area contributed by atoms with E-state index in [1.807, 2.05) is 0 Å². The third-order valence-electron chi connectivity index (χ3n) is 0.436. The monoisotopic (exact) mass is 163 g/mol. The van der Waals surface area contributed by atoms with Gasteiger partial charge in [0.15, 0.2) is 6.33 Å². The van der Waals surface area contributed by atoms with Gasteiger partial charge in [-0.2, -0.15) is 0 Å². The van der Waals surface area contributed by atoms with Crippen molar-refractivity contribution < 1.29 is 0 Å². The van der Waals surface area contributed by atoms with Gasteiger partial charge in [0.1, 0.15) is 0 Å². The van der Waals surface area contributed by atoms with E-state index in [9.17, 15) is 0 Å². The van der Waals surface area contributed by atoms with Gasteiger partial charge >= 0.3 is 0 Å². The van der Waals surface area contributed by atoms with Crippen molar-refractivity contribution in [1.82, 2.24) is 20.3 Å². The van der Waals surface area contributed by atoms with E-state index in [4.69, 9.17) is 0 Å². The Bertz CT molecular complexity index is 123. The maximum atomic E-state index is 3.43. The highest BCUT2D eigenvalue weighted by Gasteiger charge is 1.79. The van der Waals surface area contributed by atoms with Crippen LogP contribution in [-0.4, -0.2) is 20.3 Å². The number of tetrazole rings is 1. The number of hydrogen-bond donors (Lipinski definition) is 1. The molecule has 1 aromatic heterocycles. The lowest BCUT2D eigenvalue weighted by atomic mass is 11.4. The summed E-state index contributed by atoms with van der Waals surface area (Å²) in [6.45, 7) is 0. The van der Waals surface area contributed by atoms with E-state index in [1.54, 1.807) is 0 Å². The molecule has 5 nitrogen and oxygen atoms in total. The Morgan fingerprint density at radius 1 is 1.71 bits per heavy atom. The normalized spacial score (nSPS) is 8.71. The summed E-state index contributed by atoms with van der Waals surface area (Å²) in [4.78, 5) is 1.32. The molecular formula is CH2BrN5. The number of aromatic nitrogens is 4. The van der Waals surface area contributed by atoms with Gasteiger partial charge in [0, 0.05) is 0 Å². The topological polar surface area (TPSA) is 55.6 Å². The third kappa shape index (κ3) is 0.861. The van der Waals surface area contributed by atoms with Crippen LogP contribution in [-0.2, 0) is 0 Å². The van der Waals surface area contributed by atoms with Crippen LogP contribution >= 0.6 is 16.1 Å². The van der Waals surface area contributed by atoms with E-state index >= 15 is 0 Å². The van der Waals surface area contributed by atoms with Crippen molar-refractivity contribution in [3.63, 3.8) is 0 Å². The minimum Gasteiger partial charge on any atom is -0.241 e. The Hall–Kier alpha value is -0.650. The molecule has 0 aliphatic rings. The van der Waals surface area contributed by atoms with Gasteiger partial charge in [-0.3, -0.25) is 0 Å². The van der Waals surface area contributed by atoms with E-state index in [-0.39, 0.29) is 0 Å². The lowest BCUT2D eigenvalue weighted by Crippen LogP contribution is -2.02. The van der Waals surface area contributed by atoms with Gasteiger partial charge < -0.3 is 0 Å². The largest absolute Gasteiger partial charge is 0.241 e. The molecule has 1 N–H and O–H groups in total. The molecule has 0 amide bonds. The third-order valence-corrected chi connectivity index (χ3v) is 0.799. The van der Waals surface area contributed by atoms with Crippen LogP contribution in [0.4, 0.5) is 0 Å². The molecule has 0 fully saturated rings. The summed E-state index contributed by atoms with van der Waals surface area (Å²) < 4.78 is 2.50. The first kappa shape index (κ1) is 4.51. The smallest absolute Gasteiger partial charge is 0.162 e. The maximum Gasteiger partial charge on any atom is 0.162 e. The Morgan fingerprint density at radius 2 is 2.57 bits per heavy atom. The summed E-state index contributed by atoms with van der Waals surface area (Å²) >= 11 is 2.91. The first-order chi connectivity index (χ1) is 3.43. The minimum absolute atomic E-state index is 1.32. The highest BCUT2D eigenvalue weighted by molar-refractivity contribution is 9.10. The summed E-state index contributed by atoms with van der Waals surface area (Å²) in [7, 11) is 0. The molecule has 0 spiro atoms. The van der Waals surface area contributed by atoms with Crippen LogP contribution in [0, 0.1) is 0 Å². The number of rotatable bonds is 1. The van der Waals surface area contributed by atoms with Crippen molar-refractivity contribution in [3.05, 3.63) is 6.33 Å². The fourth-order valence-electron chi connectivity index (χ4n) is 0.200. The van der Waals surface area contributed by atoms with Gasteiger partial charge in [-0.15, -0.1) is 9.89 Å². The standard InChI is InChI=1S/CH2BrN5/c2-4-7-1-3-5-6-7/h1,4H. The molecule has 0 atom stereocenters. The highest BCUT2D eigenvalue weighted by atomic mass is 79.9. The van der Waals surface area contributed by atoms with Gasteiger partial charge in [-0.25, -0.2) is 4.45 Å². The maximum absolute atomic E-state index is 3.43. The first-order valence-electron chi connectivity index (χ1n) is 1.53. The van der Waals surface area contributed by atoms with E-state index in [2.05, 4.69) is 36.1 Å². The van der Waals surface area contributed by atoms with Crippen LogP contribution in [0.5, 0.6) is 0 Å². The van der Waals surface area contributed by atoms with Crippen molar-refractivity contribution in [2.45, 2.75) is 0 Å². The predicted molar refractivity (Wildman–Crippen MR) is 26.1 cm³/mol. The minimum atomic E-state index is 1.32. The second kappa shape index (κ2) is 1.87. The quantitative estimate of drug-likeness (QED) is 0.570. The average Bonchev–Trinajstić information content (AvgIpc) is 2.14. The van der Waals surface area contributed by atoms with Crippen molar-refractivity contribution in [3.8, 4) is 0 Å². The average molecular weight is 164 g/mol. The highest BCUT2D eigenvalue weighted by Crippen LogP contribution is 1.71. The van der Waals surface area contributed by atoms with Gasteiger partial charge in [-0.05, 0) is 10.4 Å². The van der Waals surface area contributed by atoms with Crippen LogP contribution in [0.1, 0.15) is 0 Å². The van der Waals surface area contributed by atoms with Gasteiger partial charge in [0.05, 0.1) is 16.1 Å². The van der Waals surface area contributed by atoms with Crippen molar-refractivity contribution in [1.29, 1.82) is 0 Å². The Balaban J connectivity index is 2.76. The Morgan fingerprint density at radius 3 is 2.86 bits per heavy atom. The summed E-state index contributed by atoms with van der Waals surface area (Å²) in [5.74, 6) is 0. The Kier molecular flexibility index (Phi) is 1.21. The molecule has 0 unspecified atom stereocenters. The van der Waals surface area contributed by atoms with Crippen molar-refractivity contribution in [2.75, 3.05) is 4.45 Å². The van der Waals surface area contributed by atoms with Gasteiger partial charge in [-0.1, -0.05) is 0 Å². The van der Waals surface area contributed by atoms with Gasteiger partial charge in [0.2, 0.25) is 0 Å². The van der Waals surface area contributed by atoms with Gasteiger partial charge in [0.25, 0.3) is 0 Å². The molecule has 0 saturated heterocycles. The van der Waals surface area contributed by atoms with Crippen LogP contribution in [0.2, 0.25) is 0 Å². The lowest BCUT2D eigenvalue weighted by molar-refractivity contribution is 0.761. The lowest BCUT2D eigenvalue weighted by Gasteiger charge is -1.85. The summed E-state index contributed by atoms with van der Waals surface area (Å²) in [5.41, 5.74) is 0. The second-order valence-corrected chi connectivity index (χ2v) is 1.19. The summed E-state index contributed by atoms with van der Waals surface area (Å²) in [5, 5.41) is 10.1. The van der Waals surface area contributed by atoms with E-state index in [1.165, 1.54) is 11.1 Å². The molecule has 7 heavy (non-hydrogen) atoms. The number of nitrogens with zero attached hydrogens (tertiary/aromatic N) is 4. The molecule has 0 aliphatic heterocycles. The van der Waals surface area contributed by atoms with E-state index < -0.39 is 0 Å². The number of nitrogens with one attached hydrogen (secondary N) is 1. The molecule has 0 radical (unpaired) electrons. The zero-order valence-electron chi connectivity index (χ0n) is 3.24. The summed E-state index contributed by atoms with van der Waals surface area (Å²) in [6.07, 6.45) is 1.43. The zero-order valence-corrected chi connectivity index (χ0v) is 4.83. The van der Waals surface area contributed by atoms with Crippen molar-refractivity contribution in [2.24, 2.45) is 0 Å². The Labute approximate surface area is 48.0 Å². The molecule has 0 aromatic carbocycles. The second-order valence-electron chi connectivity index (χ2n) is 0.839. The van der Waals surface area contributed by atoms with Crippen LogP contribution < -0.4 is 4.45 Å². The molecule has 1 aromatic rings. The molecule has 0 aliphatic carbocycles. The van der Waals surface area contributed by atoms with Crippen LogP contribution in [0.3, 0.4) is 0 Å². The number of hydrogen-bond acceptors (Lipinski definition) is 4. The first-order valence-corrected chi connectivity index (χ1v) is 2.32. The molecule has 38 valence electrons. The van der Waals surface area contributed by atoms with Crippen LogP contribution in [0.15, 0.2) is 6.33 Å². The fraction of sp³-hybridized carbons (Fsp3) is 0. The fourth-order valence-corrected chi connectivity index (χ4v) is 0.363. The van der Waals surface area contributed by atoms with E-state index in [0.717, 1.165) is 0 Å². The number of halogens is 1. The molecule has 0 saturated carbocycles. The molecule has 1 rings (SSSR count). The predicted octanol–water partition coefficient (Wildman–Crippen LogP) is -0.474. The zero-order chi connectivity index (χ0) is 5.11. The molecule has 1 heterocycles. The van der Waals surface area contributed by atoms with E-state index in [0.29, 0.717) is 0 Å².